The smallest absolute Gasteiger partial charge is 0.137 e. The summed E-state index contributed by atoms with van der Waals surface area (Å²) in [5, 5.41) is 3.04. The van der Waals surface area contributed by atoms with Crippen LogP contribution in [-0.4, -0.2) is 28.4 Å². The van der Waals surface area contributed by atoms with Gasteiger partial charge in [-0.3, -0.25) is 5.32 Å². The quantitative estimate of drug-likeness (QED) is 0.750. The molecule has 1 aromatic carbocycles. The number of hydrogen-bond donors (Lipinski definition) is 1. The van der Waals surface area contributed by atoms with Crippen molar-refractivity contribution in [2.24, 2.45) is 0 Å². The molecule has 84 valence electrons. The Hall–Kier alpha value is -1.26. The van der Waals surface area contributed by atoms with Crippen LogP contribution in [0.25, 0.3) is 0 Å². The van der Waals surface area contributed by atoms with Crippen LogP contribution in [-0.2, 0) is 4.74 Å². The summed E-state index contributed by atoms with van der Waals surface area (Å²) in [4.78, 5) is 0. The Labute approximate surface area is 90.1 Å². The van der Waals surface area contributed by atoms with Gasteiger partial charge in [0, 0.05) is 12.7 Å². The highest BCUT2D eigenvalue weighted by molar-refractivity contribution is 5.41. The molecule has 0 aromatic heterocycles. The van der Waals surface area contributed by atoms with E-state index in [0.29, 0.717) is 0 Å². The predicted octanol–water partition coefficient (Wildman–Crippen LogP) is 1.57. The lowest BCUT2D eigenvalue weighted by Gasteiger charge is -2.18. The van der Waals surface area contributed by atoms with E-state index in [0.717, 1.165) is 17.1 Å². The molecule has 0 heterocycles. The van der Waals surface area contributed by atoms with E-state index >= 15 is 0 Å². The first kappa shape index (κ1) is 11.8. The Morgan fingerprint density at radius 3 is 2.33 bits per heavy atom. The van der Waals surface area contributed by atoms with Gasteiger partial charge in [0.25, 0.3) is 0 Å². The zero-order chi connectivity index (χ0) is 11.3. The zero-order valence-corrected chi connectivity index (χ0v) is 9.53. The highest BCUT2D eigenvalue weighted by Crippen LogP contribution is 2.29. The van der Waals surface area contributed by atoms with Gasteiger partial charge >= 0.3 is 0 Å². The highest BCUT2D eigenvalue weighted by atomic mass is 16.5. The maximum atomic E-state index is 5.28. The van der Waals surface area contributed by atoms with E-state index in [4.69, 9.17) is 14.2 Å². The number of methoxy groups -OCH3 is 3. The number of benzene rings is 1. The normalized spacial score (nSPS) is 12.3. The van der Waals surface area contributed by atoms with Gasteiger partial charge in [-0.1, -0.05) is 0 Å². The molecule has 15 heavy (non-hydrogen) atoms. The fraction of sp³-hybridized carbons (Fsp3) is 0.455. The molecule has 4 heteroatoms. The van der Waals surface area contributed by atoms with Crippen molar-refractivity contribution in [1.29, 1.82) is 0 Å². The first-order valence-electron chi connectivity index (χ1n) is 4.68. The van der Waals surface area contributed by atoms with Crippen molar-refractivity contribution in [3.8, 4) is 11.5 Å². The minimum absolute atomic E-state index is 0.199. The van der Waals surface area contributed by atoms with Gasteiger partial charge in [-0.05, 0) is 25.2 Å². The molecule has 1 rings (SSSR count). The van der Waals surface area contributed by atoms with E-state index in [9.17, 15) is 0 Å². The number of ether oxygens (including phenoxy) is 3. The van der Waals surface area contributed by atoms with E-state index < -0.39 is 0 Å². The third-order valence-corrected chi connectivity index (χ3v) is 2.22. The first-order chi connectivity index (χ1) is 7.26. The molecule has 0 spiro atoms. The summed E-state index contributed by atoms with van der Waals surface area (Å²) in [6, 6.07) is 5.60. The fourth-order valence-corrected chi connectivity index (χ4v) is 1.44. The van der Waals surface area contributed by atoms with Crippen molar-refractivity contribution in [3.05, 3.63) is 23.8 Å². The summed E-state index contributed by atoms with van der Waals surface area (Å²) in [7, 11) is 6.73. The van der Waals surface area contributed by atoms with Crippen LogP contribution < -0.4 is 14.8 Å². The maximum absolute atomic E-state index is 5.28. The van der Waals surface area contributed by atoms with Crippen LogP contribution in [0.3, 0.4) is 0 Å². The van der Waals surface area contributed by atoms with Gasteiger partial charge in [0.2, 0.25) is 0 Å². The van der Waals surface area contributed by atoms with E-state index in [1.165, 1.54) is 0 Å². The van der Waals surface area contributed by atoms with Crippen molar-refractivity contribution >= 4 is 0 Å². The Kier molecular flexibility index (Phi) is 4.39. The van der Waals surface area contributed by atoms with Crippen LogP contribution in [0.4, 0.5) is 0 Å². The van der Waals surface area contributed by atoms with E-state index in [-0.39, 0.29) is 6.23 Å². The molecule has 0 bridgehead atoms. The molecule has 0 saturated carbocycles. The zero-order valence-electron chi connectivity index (χ0n) is 9.53. The molecule has 1 unspecified atom stereocenters. The fourth-order valence-electron chi connectivity index (χ4n) is 1.44. The van der Waals surface area contributed by atoms with Crippen LogP contribution in [0.2, 0.25) is 0 Å². The van der Waals surface area contributed by atoms with Crippen LogP contribution >= 0.6 is 0 Å². The summed E-state index contributed by atoms with van der Waals surface area (Å²) in [6.45, 7) is 0. The van der Waals surface area contributed by atoms with Gasteiger partial charge in [-0.15, -0.1) is 0 Å². The minimum Gasteiger partial charge on any atom is -0.497 e. The van der Waals surface area contributed by atoms with Crippen molar-refractivity contribution in [1.82, 2.24) is 5.32 Å². The van der Waals surface area contributed by atoms with Crippen LogP contribution in [0, 0.1) is 0 Å². The molecule has 0 aliphatic carbocycles. The molecule has 0 saturated heterocycles. The minimum atomic E-state index is -0.199. The van der Waals surface area contributed by atoms with E-state index in [2.05, 4.69) is 5.32 Å². The number of hydrogen-bond acceptors (Lipinski definition) is 4. The average molecular weight is 211 g/mol. The molecule has 0 fully saturated rings. The van der Waals surface area contributed by atoms with Crippen LogP contribution in [0.1, 0.15) is 11.8 Å². The van der Waals surface area contributed by atoms with Gasteiger partial charge in [0.1, 0.15) is 17.7 Å². The van der Waals surface area contributed by atoms with Gasteiger partial charge in [0.05, 0.1) is 14.2 Å². The number of nitrogens with one attached hydrogen (secondary N) is 1. The Bertz CT molecular complexity index is 311. The molecular formula is C11H17NO3. The third-order valence-electron chi connectivity index (χ3n) is 2.22. The second-order valence-corrected chi connectivity index (χ2v) is 3.01. The predicted molar refractivity (Wildman–Crippen MR) is 58.4 cm³/mol. The SMILES string of the molecule is CNC(OC)c1cc(OC)ccc1OC. The first-order valence-corrected chi connectivity index (χ1v) is 4.68. The van der Waals surface area contributed by atoms with Crippen LogP contribution in [0.5, 0.6) is 11.5 Å². The summed E-state index contributed by atoms with van der Waals surface area (Å²) in [5.74, 6) is 1.56. The molecule has 0 radical (unpaired) electrons. The molecule has 4 nitrogen and oxygen atoms in total. The molecule has 1 aromatic rings. The summed E-state index contributed by atoms with van der Waals surface area (Å²) in [6.07, 6.45) is -0.199. The lowest BCUT2D eigenvalue weighted by molar-refractivity contribution is 0.0784. The Balaban J connectivity index is 3.09. The summed E-state index contributed by atoms with van der Waals surface area (Å²) >= 11 is 0. The Morgan fingerprint density at radius 1 is 1.13 bits per heavy atom. The second-order valence-electron chi connectivity index (χ2n) is 3.01. The molecular weight excluding hydrogens is 194 g/mol. The van der Waals surface area contributed by atoms with Crippen LogP contribution in [0.15, 0.2) is 18.2 Å². The third kappa shape index (κ3) is 2.61. The van der Waals surface area contributed by atoms with Crippen molar-refractivity contribution < 1.29 is 14.2 Å². The van der Waals surface area contributed by atoms with Gasteiger partial charge in [-0.2, -0.15) is 0 Å². The molecule has 1 atom stereocenters. The standard InChI is InChI=1S/C11H17NO3/c1-12-11(15-4)9-7-8(13-2)5-6-10(9)14-3/h5-7,11-12H,1-4H3. The van der Waals surface area contributed by atoms with Gasteiger partial charge in [0.15, 0.2) is 0 Å². The van der Waals surface area contributed by atoms with Crippen molar-refractivity contribution in [2.75, 3.05) is 28.4 Å². The molecule has 0 aliphatic heterocycles. The molecule has 0 aliphatic rings. The highest BCUT2D eigenvalue weighted by Gasteiger charge is 2.14. The lowest BCUT2D eigenvalue weighted by Crippen LogP contribution is -2.18. The monoisotopic (exact) mass is 211 g/mol. The van der Waals surface area contributed by atoms with Gasteiger partial charge in [-0.25, -0.2) is 0 Å². The van der Waals surface area contributed by atoms with E-state index in [1.807, 2.05) is 25.2 Å². The van der Waals surface area contributed by atoms with E-state index in [1.54, 1.807) is 21.3 Å². The summed E-state index contributed by atoms with van der Waals surface area (Å²) < 4.78 is 15.7. The molecule has 1 N–H and O–H groups in total. The number of rotatable bonds is 5. The topological polar surface area (TPSA) is 39.7 Å². The maximum Gasteiger partial charge on any atom is 0.137 e. The van der Waals surface area contributed by atoms with Gasteiger partial charge < -0.3 is 14.2 Å². The second kappa shape index (κ2) is 5.58. The largest absolute Gasteiger partial charge is 0.497 e. The molecule has 0 amide bonds. The average Bonchev–Trinajstić information content (AvgIpc) is 2.30. The van der Waals surface area contributed by atoms with Crippen molar-refractivity contribution in [3.63, 3.8) is 0 Å². The Morgan fingerprint density at radius 2 is 1.87 bits per heavy atom. The summed E-state index contributed by atoms with van der Waals surface area (Å²) in [5.41, 5.74) is 0.918. The van der Waals surface area contributed by atoms with Crippen molar-refractivity contribution in [2.45, 2.75) is 6.23 Å². The lowest BCUT2D eigenvalue weighted by atomic mass is 10.1.